The number of ether oxygens (including phenoxy) is 1. The maximum Gasteiger partial charge on any atom is 0.269 e. The van der Waals surface area contributed by atoms with Crippen molar-refractivity contribution < 1.29 is 9.53 Å². The first-order chi connectivity index (χ1) is 18.6. The lowest BCUT2D eigenvalue weighted by Gasteiger charge is -2.17. The van der Waals surface area contributed by atoms with Gasteiger partial charge in [0.1, 0.15) is 17.1 Å². The number of amides is 1. The Morgan fingerprint density at radius 1 is 1.00 bits per heavy atom. The normalized spacial score (nSPS) is 15.6. The van der Waals surface area contributed by atoms with Crippen molar-refractivity contribution in [3.8, 4) is 22.8 Å². The molecule has 0 spiro atoms. The number of hydrogen-bond donors (Lipinski definition) is 2. The van der Waals surface area contributed by atoms with Crippen LogP contribution in [0.3, 0.4) is 0 Å². The molecule has 0 saturated carbocycles. The molecular formula is C31H29N5O2. The van der Waals surface area contributed by atoms with E-state index in [1.807, 2.05) is 79.0 Å². The fraction of sp³-hybridized carbons (Fsp3) is 0.161. The second-order valence-electron chi connectivity index (χ2n) is 9.70. The van der Waals surface area contributed by atoms with E-state index in [9.17, 15) is 4.79 Å². The van der Waals surface area contributed by atoms with Crippen LogP contribution >= 0.6 is 0 Å². The van der Waals surface area contributed by atoms with Crippen LogP contribution in [0.2, 0.25) is 0 Å². The van der Waals surface area contributed by atoms with Crippen molar-refractivity contribution in [3.05, 3.63) is 115 Å². The summed E-state index contributed by atoms with van der Waals surface area (Å²) in [5.74, 6) is 1.24. The Kier molecular flexibility index (Phi) is 6.27. The van der Waals surface area contributed by atoms with Gasteiger partial charge in [-0.25, -0.2) is 4.52 Å². The molecule has 5 aromatic rings. The zero-order valence-electron chi connectivity index (χ0n) is 21.0. The van der Waals surface area contributed by atoms with Gasteiger partial charge in [0.15, 0.2) is 5.69 Å². The van der Waals surface area contributed by atoms with Gasteiger partial charge in [-0.1, -0.05) is 55.1 Å². The quantitative estimate of drug-likeness (QED) is 0.283. The third kappa shape index (κ3) is 4.60. The summed E-state index contributed by atoms with van der Waals surface area (Å²) >= 11 is 0. The number of carbonyl (C=O) groups is 1. The van der Waals surface area contributed by atoms with E-state index in [4.69, 9.17) is 10.5 Å². The van der Waals surface area contributed by atoms with Gasteiger partial charge in [-0.05, 0) is 60.5 Å². The van der Waals surface area contributed by atoms with Crippen LogP contribution in [0.25, 0.3) is 22.5 Å². The highest BCUT2D eigenvalue weighted by atomic mass is 16.5. The van der Waals surface area contributed by atoms with Gasteiger partial charge in [0.2, 0.25) is 0 Å². The van der Waals surface area contributed by atoms with Crippen LogP contribution in [0.1, 0.15) is 34.0 Å². The molecule has 1 unspecified atom stereocenters. The third-order valence-corrected chi connectivity index (χ3v) is 7.15. The number of nitrogens with one attached hydrogen (secondary N) is 1. The van der Waals surface area contributed by atoms with Gasteiger partial charge in [0.25, 0.3) is 5.91 Å². The number of hydrogen-bond acceptors (Lipinski definition) is 4. The molecule has 0 radical (unpaired) electrons. The number of H-pyrrole nitrogens is 1. The minimum Gasteiger partial charge on any atom is -0.457 e. The monoisotopic (exact) mass is 503 g/mol. The number of nitrogens with zero attached hydrogens (tertiary/aromatic N) is 3. The Labute approximate surface area is 221 Å². The average Bonchev–Trinajstić information content (AvgIpc) is 3.65. The summed E-state index contributed by atoms with van der Waals surface area (Å²) in [5, 5.41) is 4.56. The summed E-state index contributed by atoms with van der Waals surface area (Å²) in [4.78, 5) is 18.4. The number of benzene rings is 3. The van der Waals surface area contributed by atoms with Crippen molar-refractivity contribution in [1.82, 2.24) is 19.5 Å². The Morgan fingerprint density at radius 2 is 1.68 bits per heavy atom. The third-order valence-electron chi connectivity index (χ3n) is 7.15. The topological polar surface area (TPSA) is 88.7 Å². The summed E-state index contributed by atoms with van der Waals surface area (Å²) in [5.41, 5.74) is 11.8. The van der Waals surface area contributed by atoms with E-state index in [0.29, 0.717) is 23.1 Å². The summed E-state index contributed by atoms with van der Waals surface area (Å²) in [6.07, 6.45) is 2.87. The van der Waals surface area contributed by atoms with Crippen LogP contribution < -0.4 is 10.5 Å². The molecule has 190 valence electrons. The molecule has 3 aromatic carbocycles. The van der Waals surface area contributed by atoms with Crippen LogP contribution in [-0.2, 0) is 0 Å². The molecular weight excluding hydrogens is 474 g/mol. The average molecular weight is 504 g/mol. The Hall–Kier alpha value is -4.62. The van der Waals surface area contributed by atoms with E-state index in [1.54, 1.807) is 4.52 Å². The van der Waals surface area contributed by atoms with Crippen LogP contribution in [0.4, 0.5) is 0 Å². The van der Waals surface area contributed by atoms with Crippen molar-refractivity contribution >= 4 is 17.1 Å². The van der Waals surface area contributed by atoms with Gasteiger partial charge < -0.3 is 15.5 Å². The summed E-state index contributed by atoms with van der Waals surface area (Å²) in [6.45, 7) is 7.00. The van der Waals surface area contributed by atoms with E-state index >= 15 is 0 Å². The number of rotatable bonds is 8. The van der Waals surface area contributed by atoms with Crippen molar-refractivity contribution in [2.75, 3.05) is 19.6 Å². The molecule has 1 atom stereocenters. The lowest BCUT2D eigenvalue weighted by molar-refractivity contribution is 0.0994. The number of aromatic amines is 1. The molecule has 0 bridgehead atoms. The summed E-state index contributed by atoms with van der Waals surface area (Å²) in [7, 11) is 0. The number of aromatic nitrogens is 3. The van der Waals surface area contributed by atoms with E-state index in [0.717, 1.165) is 54.2 Å². The molecule has 6 rings (SSSR count). The summed E-state index contributed by atoms with van der Waals surface area (Å²) in [6, 6.07) is 27.5. The zero-order chi connectivity index (χ0) is 26.1. The first kappa shape index (κ1) is 23.8. The number of carbonyl (C=O) groups excluding carboxylic acids is 1. The number of fused-ring (bicyclic) bond motifs is 1. The Morgan fingerprint density at radius 3 is 2.39 bits per heavy atom. The second kappa shape index (κ2) is 10.0. The maximum absolute atomic E-state index is 12.5. The number of likely N-dealkylation sites (tertiary alicyclic amines) is 1. The lowest BCUT2D eigenvalue weighted by Crippen LogP contribution is -2.22. The molecule has 3 heterocycles. The van der Waals surface area contributed by atoms with Crippen LogP contribution in [0.15, 0.2) is 97.7 Å². The molecule has 1 amide bonds. The Balaban J connectivity index is 1.24. The zero-order valence-corrected chi connectivity index (χ0v) is 21.0. The fourth-order valence-electron chi connectivity index (χ4n) is 5.25. The number of para-hydroxylation sites is 1. The molecule has 1 aliphatic rings. The van der Waals surface area contributed by atoms with Gasteiger partial charge in [-0.2, -0.15) is 5.10 Å². The van der Waals surface area contributed by atoms with Crippen LogP contribution in [0, 0.1) is 0 Å². The highest BCUT2D eigenvalue weighted by Crippen LogP contribution is 2.34. The van der Waals surface area contributed by atoms with Gasteiger partial charge in [-0.3, -0.25) is 9.69 Å². The smallest absolute Gasteiger partial charge is 0.269 e. The molecule has 0 aliphatic carbocycles. The number of primary amides is 1. The van der Waals surface area contributed by atoms with Crippen molar-refractivity contribution in [3.63, 3.8) is 0 Å². The largest absolute Gasteiger partial charge is 0.457 e. The molecule has 2 aromatic heterocycles. The first-order valence-electron chi connectivity index (χ1n) is 12.7. The summed E-state index contributed by atoms with van der Waals surface area (Å²) < 4.78 is 7.56. The Bertz CT molecular complexity index is 1590. The van der Waals surface area contributed by atoms with Gasteiger partial charge in [0, 0.05) is 30.1 Å². The van der Waals surface area contributed by atoms with Crippen molar-refractivity contribution in [2.45, 2.75) is 12.3 Å². The molecule has 38 heavy (non-hydrogen) atoms. The standard InChI is InChI=1S/C31H29N5O2/c1-21(22-8-4-2-5-9-22)19-35-17-16-24(20-35)27-18-33-36-29(30(32)37)28(34-31(27)36)23-12-14-26(15-13-23)38-25-10-6-3-7-11-25/h2-15,18,24,34H,1,16-17,19-20H2,(H2,32,37). The van der Waals surface area contributed by atoms with Crippen molar-refractivity contribution in [1.29, 1.82) is 0 Å². The molecule has 1 fully saturated rings. The molecule has 7 heteroatoms. The van der Waals surface area contributed by atoms with Gasteiger partial charge in [0.05, 0.1) is 11.9 Å². The van der Waals surface area contributed by atoms with Crippen LogP contribution in [0.5, 0.6) is 11.5 Å². The van der Waals surface area contributed by atoms with E-state index < -0.39 is 5.91 Å². The highest BCUT2D eigenvalue weighted by Gasteiger charge is 2.29. The molecule has 1 aliphatic heterocycles. The highest BCUT2D eigenvalue weighted by molar-refractivity contribution is 5.98. The predicted octanol–water partition coefficient (Wildman–Crippen LogP) is 5.72. The van der Waals surface area contributed by atoms with Crippen LogP contribution in [-0.4, -0.2) is 45.0 Å². The first-order valence-corrected chi connectivity index (χ1v) is 12.7. The molecule has 3 N–H and O–H groups in total. The maximum atomic E-state index is 12.5. The van der Waals surface area contributed by atoms with E-state index in [2.05, 4.69) is 33.7 Å². The predicted molar refractivity (Wildman–Crippen MR) is 149 cm³/mol. The number of nitrogens with two attached hydrogens (primary N) is 1. The minimum absolute atomic E-state index is 0.296. The van der Waals surface area contributed by atoms with Gasteiger partial charge in [-0.15, -0.1) is 0 Å². The van der Waals surface area contributed by atoms with Gasteiger partial charge >= 0.3 is 0 Å². The van der Waals surface area contributed by atoms with Crippen molar-refractivity contribution in [2.24, 2.45) is 5.73 Å². The molecule has 7 nitrogen and oxygen atoms in total. The van der Waals surface area contributed by atoms with E-state index in [-0.39, 0.29) is 0 Å². The van der Waals surface area contributed by atoms with E-state index in [1.165, 1.54) is 5.56 Å². The molecule has 1 saturated heterocycles. The fourth-order valence-corrected chi connectivity index (χ4v) is 5.25. The number of imidazole rings is 1. The SMILES string of the molecule is C=C(CN1CCC(c2cnn3c(C(N)=O)c(-c4ccc(Oc5ccccc5)cc4)[nH]c23)C1)c1ccccc1. The lowest BCUT2D eigenvalue weighted by atomic mass is 10.0. The second-order valence-corrected chi connectivity index (χ2v) is 9.70. The minimum atomic E-state index is -0.530.